The highest BCUT2D eigenvalue weighted by Gasteiger charge is 2.16. The maximum absolute atomic E-state index is 10.7. The molecule has 2 aromatic rings. The summed E-state index contributed by atoms with van der Waals surface area (Å²) in [6, 6.07) is 12.5. The average Bonchev–Trinajstić information content (AvgIpc) is 2.55. The van der Waals surface area contributed by atoms with Gasteiger partial charge in [-0.15, -0.1) is 0 Å². The molecule has 0 unspecified atom stereocenters. The van der Waals surface area contributed by atoms with E-state index in [0.29, 0.717) is 5.75 Å². The Bertz CT molecular complexity index is 599. The molecule has 118 valence electrons. The number of unbranched alkanes of at least 4 members (excludes halogenated alkanes) is 2. The van der Waals surface area contributed by atoms with Gasteiger partial charge in [-0.3, -0.25) is 0 Å². The van der Waals surface area contributed by atoms with Gasteiger partial charge in [-0.1, -0.05) is 63.1 Å². The highest BCUT2D eigenvalue weighted by Crippen LogP contribution is 2.38. The first kappa shape index (κ1) is 16.6. The number of hydrogen-bond donors (Lipinski definition) is 1. The Morgan fingerprint density at radius 3 is 2.18 bits per heavy atom. The molecule has 2 aromatic carbocycles. The third-order valence-corrected chi connectivity index (χ3v) is 4.33. The van der Waals surface area contributed by atoms with E-state index < -0.39 is 0 Å². The van der Waals surface area contributed by atoms with E-state index in [1.807, 2.05) is 25.1 Å². The number of benzene rings is 2. The predicted octanol–water partition coefficient (Wildman–Crippen LogP) is 6.05. The van der Waals surface area contributed by atoms with E-state index in [1.54, 1.807) is 0 Å². The number of aryl methyl sites for hydroxylation is 2. The van der Waals surface area contributed by atoms with Crippen LogP contribution in [0, 0.1) is 6.92 Å². The molecular formula is C21H28O. The molecule has 0 aliphatic rings. The molecule has 0 aliphatic carbocycles. The molecule has 2 rings (SSSR count). The van der Waals surface area contributed by atoms with Crippen molar-refractivity contribution in [3.05, 3.63) is 53.1 Å². The van der Waals surface area contributed by atoms with Crippen molar-refractivity contribution in [3.8, 4) is 16.9 Å². The van der Waals surface area contributed by atoms with Crippen LogP contribution >= 0.6 is 0 Å². The number of phenolic OH excluding ortho intramolecular Hbond substituents is 1. The highest BCUT2D eigenvalue weighted by atomic mass is 16.3. The van der Waals surface area contributed by atoms with Gasteiger partial charge < -0.3 is 5.11 Å². The fourth-order valence-corrected chi connectivity index (χ4v) is 3.06. The molecule has 0 spiro atoms. The van der Waals surface area contributed by atoms with Crippen LogP contribution in [0.25, 0.3) is 11.1 Å². The first-order valence-corrected chi connectivity index (χ1v) is 8.58. The highest BCUT2D eigenvalue weighted by molar-refractivity contribution is 5.76. The fourth-order valence-electron chi connectivity index (χ4n) is 3.06. The summed E-state index contributed by atoms with van der Waals surface area (Å²) in [6.45, 7) is 6.47. The minimum Gasteiger partial charge on any atom is -0.507 e. The summed E-state index contributed by atoms with van der Waals surface area (Å²) in [5.41, 5.74) is 5.95. The average molecular weight is 296 g/mol. The summed E-state index contributed by atoms with van der Waals surface area (Å²) < 4.78 is 0. The lowest BCUT2D eigenvalue weighted by molar-refractivity contribution is 0.472. The largest absolute Gasteiger partial charge is 0.507 e. The normalized spacial score (nSPS) is 10.9. The van der Waals surface area contributed by atoms with Crippen molar-refractivity contribution in [1.82, 2.24) is 0 Å². The molecule has 0 atom stereocenters. The monoisotopic (exact) mass is 296 g/mol. The Morgan fingerprint density at radius 2 is 1.55 bits per heavy atom. The fraction of sp³-hybridized carbons (Fsp3) is 0.429. The van der Waals surface area contributed by atoms with E-state index in [9.17, 15) is 5.11 Å². The third kappa shape index (κ3) is 3.71. The minimum absolute atomic E-state index is 0.456. The smallest absolute Gasteiger partial charge is 0.126 e. The van der Waals surface area contributed by atoms with Crippen LogP contribution in [0.3, 0.4) is 0 Å². The first-order chi connectivity index (χ1) is 10.7. The summed E-state index contributed by atoms with van der Waals surface area (Å²) in [5.74, 6) is 0.456. The van der Waals surface area contributed by atoms with Gasteiger partial charge in [-0.2, -0.15) is 0 Å². The van der Waals surface area contributed by atoms with Gasteiger partial charge in [0, 0.05) is 5.56 Å². The maximum atomic E-state index is 10.7. The van der Waals surface area contributed by atoms with Gasteiger partial charge >= 0.3 is 0 Å². The summed E-state index contributed by atoms with van der Waals surface area (Å²) in [7, 11) is 0. The van der Waals surface area contributed by atoms with Crippen LogP contribution in [0.4, 0.5) is 0 Å². The summed E-state index contributed by atoms with van der Waals surface area (Å²) in [6.07, 6.45) is 6.91. The Hall–Kier alpha value is -1.76. The van der Waals surface area contributed by atoms with Gasteiger partial charge in [-0.25, -0.2) is 0 Å². The van der Waals surface area contributed by atoms with Crippen LogP contribution in [0.15, 0.2) is 36.4 Å². The Morgan fingerprint density at radius 1 is 0.909 bits per heavy atom. The topological polar surface area (TPSA) is 20.2 Å². The second-order valence-corrected chi connectivity index (χ2v) is 6.13. The van der Waals surface area contributed by atoms with E-state index in [0.717, 1.165) is 29.5 Å². The molecule has 0 fully saturated rings. The molecule has 0 radical (unpaired) electrons. The van der Waals surface area contributed by atoms with Gasteiger partial charge in [0.15, 0.2) is 0 Å². The van der Waals surface area contributed by atoms with Crippen LogP contribution in [0.1, 0.15) is 56.2 Å². The molecule has 1 N–H and O–H groups in total. The third-order valence-electron chi connectivity index (χ3n) is 4.33. The van der Waals surface area contributed by atoms with Crippen LogP contribution in [-0.4, -0.2) is 5.11 Å². The molecule has 0 heterocycles. The Balaban J connectivity index is 2.58. The van der Waals surface area contributed by atoms with Crippen molar-refractivity contribution in [2.24, 2.45) is 0 Å². The van der Waals surface area contributed by atoms with E-state index in [-0.39, 0.29) is 0 Å². The van der Waals surface area contributed by atoms with Crippen molar-refractivity contribution < 1.29 is 5.11 Å². The van der Waals surface area contributed by atoms with E-state index in [4.69, 9.17) is 0 Å². The van der Waals surface area contributed by atoms with Crippen LogP contribution < -0.4 is 0 Å². The second kappa shape index (κ2) is 8.03. The maximum Gasteiger partial charge on any atom is 0.126 e. The molecule has 0 aliphatic heterocycles. The van der Waals surface area contributed by atoms with Crippen molar-refractivity contribution in [1.29, 1.82) is 0 Å². The minimum atomic E-state index is 0.456. The van der Waals surface area contributed by atoms with Crippen LogP contribution in [0.5, 0.6) is 5.75 Å². The molecule has 0 saturated carbocycles. The van der Waals surface area contributed by atoms with Gasteiger partial charge in [0.05, 0.1) is 0 Å². The zero-order valence-electron chi connectivity index (χ0n) is 14.2. The molecule has 1 nitrogen and oxygen atoms in total. The molecule has 0 bridgehead atoms. The lowest BCUT2D eigenvalue weighted by Crippen LogP contribution is -2.01. The molecule has 1 heteroatoms. The summed E-state index contributed by atoms with van der Waals surface area (Å²) >= 11 is 0. The molecule has 0 aromatic heterocycles. The SMILES string of the molecule is CCCCc1cc(C)c(O)c(-c2ccccc2)c1CCCC. The zero-order chi connectivity index (χ0) is 15.9. The van der Waals surface area contributed by atoms with Crippen LogP contribution in [-0.2, 0) is 12.8 Å². The molecule has 22 heavy (non-hydrogen) atoms. The van der Waals surface area contributed by atoms with E-state index >= 15 is 0 Å². The standard InChI is InChI=1S/C21H28O/c1-4-6-11-18-15-16(3)21(22)20(19(18)14-7-5-2)17-12-9-8-10-13-17/h8-10,12-13,15,22H,4-7,11,14H2,1-3H3. The Labute approximate surface area is 135 Å². The number of rotatable bonds is 7. The van der Waals surface area contributed by atoms with Gasteiger partial charge in [0.25, 0.3) is 0 Å². The van der Waals surface area contributed by atoms with Crippen LogP contribution in [0.2, 0.25) is 0 Å². The van der Waals surface area contributed by atoms with Crippen molar-refractivity contribution in [3.63, 3.8) is 0 Å². The Kier molecular flexibility index (Phi) is 6.06. The van der Waals surface area contributed by atoms with Crippen molar-refractivity contribution in [2.45, 2.75) is 59.3 Å². The zero-order valence-corrected chi connectivity index (χ0v) is 14.2. The second-order valence-electron chi connectivity index (χ2n) is 6.13. The van der Waals surface area contributed by atoms with E-state index in [1.165, 1.54) is 36.8 Å². The quantitative estimate of drug-likeness (QED) is 0.659. The van der Waals surface area contributed by atoms with Gasteiger partial charge in [0.2, 0.25) is 0 Å². The number of aromatic hydroxyl groups is 1. The number of phenols is 1. The molecule has 0 saturated heterocycles. The summed E-state index contributed by atoms with van der Waals surface area (Å²) in [4.78, 5) is 0. The van der Waals surface area contributed by atoms with Gasteiger partial charge in [0.1, 0.15) is 5.75 Å². The first-order valence-electron chi connectivity index (χ1n) is 8.58. The number of hydrogen-bond acceptors (Lipinski definition) is 1. The lowest BCUT2D eigenvalue weighted by atomic mass is 9.87. The van der Waals surface area contributed by atoms with E-state index in [2.05, 4.69) is 32.0 Å². The van der Waals surface area contributed by atoms with Crippen molar-refractivity contribution >= 4 is 0 Å². The predicted molar refractivity (Wildman–Crippen MR) is 95.5 cm³/mol. The lowest BCUT2D eigenvalue weighted by Gasteiger charge is -2.19. The van der Waals surface area contributed by atoms with Crippen molar-refractivity contribution in [2.75, 3.05) is 0 Å². The molecular weight excluding hydrogens is 268 g/mol. The molecule has 0 amide bonds. The summed E-state index contributed by atoms with van der Waals surface area (Å²) in [5, 5.41) is 10.7. The van der Waals surface area contributed by atoms with Gasteiger partial charge in [-0.05, 0) is 54.9 Å².